The van der Waals surface area contributed by atoms with Crippen LogP contribution in [-0.2, 0) is 30.7 Å². The minimum atomic E-state index is -0.178. The molecule has 0 saturated heterocycles. The quantitative estimate of drug-likeness (QED) is 0.608. The summed E-state index contributed by atoms with van der Waals surface area (Å²) in [5.74, 6) is -0.107. The third kappa shape index (κ3) is 5.14. The Kier molecular flexibility index (Phi) is 6.23. The van der Waals surface area contributed by atoms with Crippen molar-refractivity contribution in [3.8, 4) is 0 Å². The van der Waals surface area contributed by atoms with Crippen LogP contribution in [0.5, 0.6) is 0 Å². The first kappa shape index (κ1) is 19.9. The molecule has 0 fully saturated rings. The SMILES string of the molecule is O=C(CCCc1ccccc1)N[C@H]1Cc2cc(C(=O)NCc3ccccc3)nn2C1. The van der Waals surface area contributed by atoms with Gasteiger partial charge in [0, 0.05) is 25.1 Å². The van der Waals surface area contributed by atoms with Gasteiger partial charge >= 0.3 is 0 Å². The number of fused-ring (bicyclic) bond motifs is 1. The largest absolute Gasteiger partial charge is 0.351 e. The van der Waals surface area contributed by atoms with Crippen LogP contribution < -0.4 is 10.6 Å². The molecule has 2 heterocycles. The summed E-state index contributed by atoms with van der Waals surface area (Å²) in [5, 5.41) is 10.4. The highest BCUT2D eigenvalue weighted by Gasteiger charge is 2.26. The first-order chi connectivity index (χ1) is 14.7. The molecule has 1 aliphatic rings. The zero-order valence-corrected chi connectivity index (χ0v) is 16.9. The Labute approximate surface area is 176 Å². The van der Waals surface area contributed by atoms with E-state index in [9.17, 15) is 9.59 Å². The molecule has 6 nitrogen and oxygen atoms in total. The predicted molar refractivity (Wildman–Crippen MR) is 115 cm³/mol. The Morgan fingerprint density at radius 1 is 1.00 bits per heavy atom. The average Bonchev–Trinajstić information content (AvgIpc) is 3.32. The second kappa shape index (κ2) is 9.39. The zero-order chi connectivity index (χ0) is 20.8. The maximum absolute atomic E-state index is 12.4. The summed E-state index contributed by atoms with van der Waals surface area (Å²) < 4.78 is 1.83. The standard InChI is InChI=1S/C24H26N4O2/c29-23(13-7-12-18-8-3-1-4-9-18)26-20-14-21-15-22(27-28(21)17-20)24(30)25-16-19-10-5-2-6-11-19/h1-6,8-11,15,20H,7,12-14,16-17H2,(H,25,30)(H,26,29)/t20-/m0/s1. The predicted octanol–water partition coefficient (Wildman–Crippen LogP) is 2.88. The van der Waals surface area contributed by atoms with Crippen LogP contribution in [0, 0.1) is 0 Å². The van der Waals surface area contributed by atoms with Gasteiger partial charge in [-0.3, -0.25) is 14.3 Å². The number of rotatable bonds is 8. The van der Waals surface area contributed by atoms with Gasteiger partial charge < -0.3 is 10.6 Å². The molecule has 0 radical (unpaired) electrons. The van der Waals surface area contributed by atoms with Gasteiger partial charge in [0.05, 0.1) is 12.6 Å². The van der Waals surface area contributed by atoms with E-state index in [1.165, 1.54) is 5.56 Å². The van der Waals surface area contributed by atoms with E-state index in [0.717, 1.165) is 24.1 Å². The van der Waals surface area contributed by atoms with Crippen molar-refractivity contribution in [3.05, 3.63) is 89.2 Å². The maximum Gasteiger partial charge on any atom is 0.272 e. The van der Waals surface area contributed by atoms with E-state index in [2.05, 4.69) is 27.9 Å². The Balaban J connectivity index is 1.21. The van der Waals surface area contributed by atoms with Crippen LogP contribution >= 0.6 is 0 Å². The number of nitrogens with one attached hydrogen (secondary N) is 2. The van der Waals surface area contributed by atoms with Crippen molar-refractivity contribution in [2.75, 3.05) is 0 Å². The monoisotopic (exact) mass is 402 g/mol. The summed E-state index contributed by atoms with van der Waals surface area (Å²) >= 11 is 0. The van der Waals surface area contributed by atoms with Gasteiger partial charge in [-0.25, -0.2) is 0 Å². The third-order valence-corrected chi connectivity index (χ3v) is 5.32. The molecule has 2 N–H and O–H groups in total. The molecule has 154 valence electrons. The molecular weight excluding hydrogens is 376 g/mol. The Morgan fingerprint density at radius 3 is 2.40 bits per heavy atom. The van der Waals surface area contributed by atoms with Crippen molar-refractivity contribution in [3.63, 3.8) is 0 Å². The first-order valence-corrected chi connectivity index (χ1v) is 10.4. The molecule has 30 heavy (non-hydrogen) atoms. The second-order valence-corrected chi connectivity index (χ2v) is 7.68. The summed E-state index contributed by atoms with van der Waals surface area (Å²) in [6, 6.07) is 21.9. The molecule has 1 atom stereocenters. The van der Waals surface area contributed by atoms with Crippen molar-refractivity contribution in [1.29, 1.82) is 0 Å². The number of benzene rings is 2. The molecule has 0 unspecified atom stereocenters. The Hall–Kier alpha value is -3.41. The van der Waals surface area contributed by atoms with E-state index in [1.54, 1.807) is 0 Å². The number of carbonyl (C=O) groups excluding carboxylic acids is 2. The van der Waals surface area contributed by atoms with Crippen LogP contribution in [0.2, 0.25) is 0 Å². The number of aromatic nitrogens is 2. The molecule has 6 heteroatoms. The molecule has 1 aliphatic heterocycles. The lowest BCUT2D eigenvalue weighted by Crippen LogP contribution is -2.36. The molecular formula is C24H26N4O2. The van der Waals surface area contributed by atoms with Gasteiger partial charge in [-0.05, 0) is 30.0 Å². The lowest BCUT2D eigenvalue weighted by atomic mass is 10.1. The van der Waals surface area contributed by atoms with Gasteiger partial charge in [-0.1, -0.05) is 60.7 Å². The number of nitrogens with zero attached hydrogens (tertiary/aromatic N) is 2. The van der Waals surface area contributed by atoms with E-state index < -0.39 is 0 Å². The van der Waals surface area contributed by atoms with Crippen LogP contribution in [0.4, 0.5) is 0 Å². The fourth-order valence-electron chi connectivity index (χ4n) is 3.78. The average molecular weight is 402 g/mol. The van der Waals surface area contributed by atoms with E-state index in [4.69, 9.17) is 0 Å². The topological polar surface area (TPSA) is 76.0 Å². The van der Waals surface area contributed by atoms with Gasteiger partial charge in [-0.15, -0.1) is 0 Å². The zero-order valence-electron chi connectivity index (χ0n) is 16.9. The molecule has 2 aromatic carbocycles. The van der Waals surface area contributed by atoms with Gasteiger partial charge in [0.2, 0.25) is 5.91 Å². The third-order valence-electron chi connectivity index (χ3n) is 5.32. The van der Waals surface area contributed by atoms with Gasteiger partial charge in [0.15, 0.2) is 0 Å². The Morgan fingerprint density at radius 2 is 1.70 bits per heavy atom. The molecule has 2 amide bonds. The molecule has 3 aromatic rings. The van der Waals surface area contributed by atoms with Crippen molar-refractivity contribution >= 4 is 11.8 Å². The summed E-state index contributed by atoms with van der Waals surface area (Å²) in [6.45, 7) is 1.08. The lowest BCUT2D eigenvalue weighted by molar-refractivity contribution is -0.121. The highest BCUT2D eigenvalue weighted by molar-refractivity contribution is 5.92. The fourth-order valence-corrected chi connectivity index (χ4v) is 3.78. The summed E-state index contributed by atoms with van der Waals surface area (Å²) in [4.78, 5) is 24.6. The maximum atomic E-state index is 12.4. The highest BCUT2D eigenvalue weighted by atomic mass is 16.2. The lowest BCUT2D eigenvalue weighted by Gasteiger charge is -2.12. The van der Waals surface area contributed by atoms with Crippen LogP contribution in [0.25, 0.3) is 0 Å². The minimum Gasteiger partial charge on any atom is -0.351 e. The fraction of sp³-hybridized carbons (Fsp3) is 0.292. The van der Waals surface area contributed by atoms with Crippen molar-refractivity contribution in [2.45, 2.75) is 44.8 Å². The minimum absolute atomic E-state index is 0.0400. The molecule has 0 aliphatic carbocycles. The summed E-state index contributed by atoms with van der Waals surface area (Å²) in [5.41, 5.74) is 3.71. The molecule has 0 bridgehead atoms. The molecule has 0 spiro atoms. The summed E-state index contributed by atoms with van der Waals surface area (Å²) in [7, 11) is 0. The second-order valence-electron chi connectivity index (χ2n) is 7.68. The number of aryl methyl sites for hydroxylation is 1. The molecule has 1 aromatic heterocycles. The van der Waals surface area contributed by atoms with E-state index in [1.807, 2.05) is 59.3 Å². The van der Waals surface area contributed by atoms with E-state index in [-0.39, 0.29) is 17.9 Å². The van der Waals surface area contributed by atoms with Crippen LogP contribution in [0.3, 0.4) is 0 Å². The number of hydrogen-bond donors (Lipinski definition) is 2. The van der Waals surface area contributed by atoms with Crippen molar-refractivity contribution in [1.82, 2.24) is 20.4 Å². The van der Waals surface area contributed by atoms with Crippen LogP contribution in [0.15, 0.2) is 66.7 Å². The normalized spacial score (nSPS) is 14.9. The number of hydrogen-bond acceptors (Lipinski definition) is 3. The number of amides is 2. The van der Waals surface area contributed by atoms with E-state index in [0.29, 0.717) is 31.6 Å². The van der Waals surface area contributed by atoms with Crippen LogP contribution in [0.1, 0.15) is 40.2 Å². The van der Waals surface area contributed by atoms with Gasteiger partial charge in [0.1, 0.15) is 5.69 Å². The van der Waals surface area contributed by atoms with Crippen molar-refractivity contribution in [2.24, 2.45) is 0 Å². The van der Waals surface area contributed by atoms with Crippen LogP contribution in [-0.4, -0.2) is 27.6 Å². The van der Waals surface area contributed by atoms with Gasteiger partial charge in [0.25, 0.3) is 5.91 Å². The van der Waals surface area contributed by atoms with Crippen molar-refractivity contribution < 1.29 is 9.59 Å². The smallest absolute Gasteiger partial charge is 0.272 e. The number of carbonyl (C=O) groups is 2. The molecule has 0 saturated carbocycles. The first-order valence-electron chi connectivity index (χ1n) is 10.4. The van der Waals surface area contributed by atoms with Gasteiger partial charge in [-0.2, -0.15) is 5.10 Å². The Bertz CT molecular complexity index is 975. The summed E-state index contributed by atoms with van der Waals surface area (Å²) in [6.07, 6.45) is 2.95. The highest BCUT2D eigenvalue weighted by Crippen LogP contribution is 2.17. The molecule has 4 rings (SSSR count). The van der Waals surface area contributed by atoms with E-state index >= 15 is 0 Å².